The van der Waals surface area contributed by atoms with Crippen LogP contribution in [-0.4, -0.2) is 52.1 Å². The molecule has 2 atom stereocenters. The molecule has 1 aliphatic heterocycles. The lowest BCUT2D eigenvalue weighted by molar-refractivity contribution is -0.143. The predicted octanol–water partition coefficient (Wildman–Crippen LogP) is 1.28. The molecular formula is C13H20BrN3O3. The number of aryl methyl sites for hydroxylation is 2. The summed E-state index contributed by atoms with van der Waals surface area (Å²) in [6, 6.07) is -0.0978. The Kier molecular flexibility index (Phi) is 4.82. The molecular weight excluding hydrogens is 326 g/mol. The minimum absolute atomic E-state index is 0.0978. The maximum Gasteiger partial charge on any atom is 0.310 e. The van der Waals surface area contributed by atoms with E-state index in [0.717, 1.165) is 22.3 Å². The van der Waals surface area contributed by atoms with Crippen LogP contribution in [0.5, 0.6) is 0 Å². The van der Waals surface area contributed by atoms with Gasteiger partial charge < -0.3 is 9.84 Å². The molecule has 1 aromatic rings. The van der Waals surface area contributed by atoms with Crippen molar-refractivity contribution in [1.82, 2.24) is 14.7 Å². The summed E-state index contributed by atoms with van der Waals surface area (Å²) < 4.78 is 8.19. The lowest BCUT2D eigenvalue weighted by Crippen LogP contribution is -2.40. The fourth-order valence-electron chi connectivity index (χ4n) is 2.56. The quantitative estimate of drug-likeness (QED) is 0.870. The molecule has 0 spiro atoms. The summed E-state index contributed by atoms with van der Waals surface area (Å²) in [6.45, 7) is 3.45. The fraction of sp³-hybridized carbons (Fsp3) is 0.692. The Labute approximate surface area is 126 Å². The lowest BCUT2D eigenvalue weighted by Gasteiger charge is -2.26. The minimum atomic E-state index is -0.794. The third-order valence-corrected chi connectivity index (χ3v) is 4.75. The van der Waals surface area contributed by atoms with E-state index < -0.39 is 11.9 Å². The van der Waals surface area contributed by atoms with Crippen LogP contribution in [0.2, 0.25) is 0 Å². The molecule has 0 radical (unpaired) electrons. The summed E-state index contributed by atoms with van der Waals surface area (Å²) in [7, 11) is 3.84. The molecule has 6 nitrogen and oxygen atoms in total. The standard InChI is InChI=1S/C13H20BrN3O3/c1-4-9-12(14)10(17(3)15-9)5-16(2)11-7-20-6-8(11)13(18)19/h8,11H,4-7H2,1-3H3,(H,18,19). The van der Waals surface area contributed by atoms with Crippen molar-refractivity contribution >= 4 is 21.9 Å². The zero-order valence-electron chi connectivity index (χ0n) is 12.0. The van der Waals surface area contributed by atoms with E-state index in [1.165, 1.54) is 0 Å². The first-order chi connectivity index (χ1) is 9.45. The molecule has 7 heteroatoms. The van der Waals surface area contributed by atoms with Crippen molar-refractivity contribution in [2.24, 2.45) is 13.0 Å². The largest absolute Gasteiger partial charge is 0.481 e. The van der Waals surface area contributed by atoms with Crippen LogP contribution in [0.1, 0.15) is 18.3 Å². The molecule has 0 saturated carbocycles. The first kappa shape index (κ1) is 15.5. The van der Waals surface area contributed by atoms with Crippen LogP contribution >= 0.6 is 15.9 Å². The molecule has 2 heterocycles. The number of carboxylic acids is 1. The monoisotopic (exact) mass is 345 g/mol. The maximum atomic E-state index is 11.2. The van der Waals surface area contributed by atoms with Gasteiger partial charge in [0.1, 0.15) is 0 Å². The second kappa shape index (κ2) is 6.24. The maximum absolute atomic E-state index is 11.2. The predicted molar refractivity (Wildman–Crippen MR) is 77.5 cm³/mol. The van der Waals surface area contributed by atoms with Gasteiger partial charge in [0.2, 0.25) is 0 Å². The summed E-state index contributed by atoms with van der Waals surface area (Å²) in [5.74, 6) is -1.25. The molecule has 1 N–H and O–H groups in total. The summed E-state index contributed by atoms with van der Waals surface area (Å²) in [6.07, 6.45) is 0.864. The van der Waals surface area contributed by atoms with Crippen molar-refractivity contribution in [3.63, 3.8) is 0 Å². The Morgan fingerprint density at radius 2 is 2.30 bits per heavy atom. The molecule has 20 heavy (non-hydrogen) atoms. The average Bonchev–Trinajstić information content (AvgIpc) is 2.98. The van der Waals surface area contributed by atoms with Gasteiger partial charge in [0, 0.05) is 19.6 Å². The molecule has 0 bridgehead atoms. The van der Waals surface area contributed by atoms with E-state index in [-0.39, 0.29) is 12.6 Å². The zero-order valence-corrected chi connectivity index (χ0v) is 13.6. The first-order valence-corrected chi connectivity index (χ1v) is 7.46. The number of aliphatic carboxylic acids is 1. The Hall–Kier alpha value is -0.920. The molecule has 1 fully saturated rings. The minimum Gasteiger partial charge on any atom is -0.481 e. The lowest BCUT2D eigenvalue weighted by atomic mass is 10.0. The summed E-state index contributed by atoms with van der Waals surface area (Å²) in [5.41, 5.74) is 2.08. The Morgan fingerprint density at radius 1 is 1.60 bits per heavy atom. The average molecular weight is 346 g/mol. The number of halogens is 1. The molecule has 1 aliphatic rings. The third-order valence-electron chi connectivity index (χ3n) is 3.84. The molecule has 0 aromatic carbocycles. The Morgan fingerprint density at radius 3 is 2.85 bits per heavy atom. The molecule has 0 amide bonds. The summed E-state index contributed by atoms with van der Waals surface area (Å²) in [4.78, 5) is 13.3. The number of carboxylic acid groups (broad SMARTS) is 1. The van der Waals surface area contributed by atoms with Gasteiger partial charge in [-0.25, -0.2) is 0 Å². The second-order valence-corrected chi connectivity index (χ2v) is 5.94. The zero-order chi connectivity index (χ0) is 14.9. The van der Waals surface area contributed by atoms with Crippen LogP contribution in [-0.2, 0) is 29.5 Å². The van der Waals surface area contributed by atoms with Gasteiger partial charge >= 0.3 is 5.97 Å². The number of hydrogen-bond acceptors (Lipinski definition) is 4. The fourth-order valence-corrected chi connectivity index (χ4v) is 3.30. The Bertz CT molecular complexity index is 503. The van der Waals surface area contributed by atoms with E-state index in [2.05, 4.69) is 28.0 Å². The van der Waals surface area contributed by atoms with Crippen molar-refractivity contribution in [2.75, 3.05) is 20.3 Å². The van der Waals surface area contributed by atoms with E-state index in [0.29, 0.717) is 13.2 Å². The SMILES string of the molecule is CCc1nn(C)c(CN(C)C2COCC2C(=O)O)c1Br. The van der Waals surface area contributed by atoms with Crippen molar-refractivity contribution < 1.29 is 14.6 Å². The van der Waals surface area contributed by atoms with Gasteiger partial charge in [-0.15, -0.1) is 0 Å². The highest BCUT2D eigenvalue weighted by Crippen LogP contribution is 2.25. The molecule has 1 saturated heterocycles. The highest BCUT2D eigenvalue weighted by molar-refractivity contribution is 9.10. The topological polar surface area (TPSA) is 67.6 Å². The van der Waals surface area contributed by atoms with Gasteiger partial charge in [0.15, 0.2) is 0 Å². The van der Waals surface area contributed by atoms with E-state index >= 15 is 0 Å². The van der Waals surface area contributed by atoms with Gasteiger partial charge in [0.05, 0.1) is 35.0 Å². The van der Waals surface area contributed by atoms with Gasteiger partial charge in [-0.2, -0.15) is 5.10 Å². The van der Waals surface area contributed by atoms with E-state index in [9.17, 15) is 9.90 Å². The number of hydrogen-bond donors (Lipinski definition) is 1. The van der Waals surface area contributed by atoms with Crippen LogP contribution < -0.4 is 0 Å². The second-order valence-electron chi connectivity index (χ2n) is 5.15. The number of carbonyl (C=O) groups is 1. The normalized spacial score (nSPS) is 22.6. The highest BCUT2D eigenvalue weighted by atomic mass is 79.9. The van der Waals surface area contributed by atoms with Gasteiger partial charge in [0.25, 0.3) is 0 Å². The van der Waals surface area contributed by atoms with Crippen LogP contribution in [0.15, 0.2) is 4.47 Å². The van der Waals surface area contributed by atoms with Crippen LogP contribution in [0.4, 0.5) is 0 Å². The van der Waals surface area contributed by atoms with Gasteiger partial charge in [-0.1, -0.05) is 6.92 Å². The molecule has 2 unspecified atom stereocenters. The number of likely N-dealkylation sites (N-methyl/N-ethyl adjacent to an activating group) is 1. The third kappa shape index (κ3) is 2.89. The molecule has 0 aliphatic carbocycles. The molecule has 112 valence electrons. The van der Waals surface area contributed by atoms with Crippen LogP contribution in [0, 0.1) is 5.92 Å². The number of rotatable bonds is 5. The van der Waals surface area contributed by atoms with E-state index in [1.807, 2.05) is 23.7 Å². The smallest absolute Gasteiger partial charge is 0.310 e. The van der Waals surface area contributed by atoms with Crippen molar-refractivity contribution in [3.05, 3.63) is 15.9 Å². The van der Waals surface area contributed by atoms with Crippen molar-refractivity contribution in [1.29, 1.82) is 0 Å². The number of ether oxygens (including phenoxy) is 1. The first-order valence-electron chi connectivity index (χ1n) is 6.66. The van der Waals surface area contributed by atoms with Gasteiger partial charge in [-0.05, 0) is 29.4 Å². The van der Waals surface area contributed by atoms with Crippen LogP contribution in [0.3, 0.4) is 0 Å². The highest BCUT2D eigenvalue weighted by Gasteiger charge is 2.37. The van der Waals surface area contributed by atoms with E-state index in [4.69, 9.17) is 4.74 Å². The number of nitrogens with zero attached hydrogens (tertiary/aromatic N) is 3. The van der Waals surface area contributed by atoms with E-state index in [1.54, 1.807) is 0 Å². The molecule has 1 aromatic heterocycles. The molecule has 2 rings (SSSR count). The van der Waals surface area contributed by atoms with Crippen LogP contribution in [0.25, 0.3) is 0 Å². The summed E-state index contributed by atoms with van der Waals surface area (Å²) in [5, 5.41) is 13.7. The number of aromatic nitrogens is 2. The van der Waals surface area contributed by atoms with Crippen molar-refractivity contribution in [2.45, 2.75) is 25.9 Å². The van der Waals surface area contributed by atoms with Gasteiger partial charge in [-0.3, -0.25) is 14.4 Å². The van der Waals surface area contributed by atoms with Crippen molar-refractivity contribution in [3.8, 4) is 0 Å². The Balaban J connectivity index is 2.13. The summed E-state index contributed by atoms with van der Waals surface area (Å²) >= 11 is 3.59.